The van der Waals surface area contributed by atoms with Crippen LogP contribution in [0.4, 0.5) is 10.1 Å². The summed E-state index contributed by atoms with van der Waals surface area (Å²) in [5, 5.41) is 11.3. The van der Waals surface area contributed by atoms with Crippen molar-refractivity contribution in [2.45, 2.75) is 31.7 Å². The van der Waals surface area contributed by atoms with E-state index < -0.39 is 0 Å². The third kappa shape index (κ3) is 3.37. The quantitative estimate of drug-likeness (QED) is 0.845. The van der Waals surface area contributed by atoms with Gasteiger partial charge in [-0.3, -0.25) is 4.84 Å². The van der Waals surface area contributed by atoms with Crippen molar-refractivity contribution in [2.75, 3.05) is 18.7 Å². The molecule has 2 aliphatic rings. The second-order valence-corrected chi connectivity index (χ2v) is 7.11. The number of anilines is 1. The molecule has 0 amide bonds. The Labute approximate surface area is 164 Å². The van der Waals surface area contributed by atoms with Crippen molar-refractivity contribution in [2.24, 2.45) is 5.10 Å². The molecule has 6 nitrogen and oxygen atoms in total. The Morgan fingerprint density at radius 2 is 2.00 bits per heavy atom. The summed E-state index contributed by atoms with van der Waals surface area (Å²) in [7, 11) is 1.59. The minimum atomic E-state index is -0.222. The molecule has 1 fully saturated rings. The smallest absolute Gasteiger partial charge is 0.146 e. The van der Waals surface area contributed by atoms with E-state index in [0.29, 0.717) is 0 Å². The number of rotatable bonds is 4. The van der Waals surface area contributed by atoms with Gasteiger partial charge in [0.15, 0.2) is 0 Å². The molecule has 1 radical (unpaired) electrons. The van der Waals surface area contributed by atoms with Gasteiger partial charge in [-0.05, 0) is 68.1 Å². The maximum absolute atomic E-state index is 13.5. The highest BCUT2D eigenvalue weighted by Crippen LogP contribution is 2.43. The first-order valence-electron chi connectivity index (χ1n) is 9.48. The van der Waals surface area contributed by atoms with E-state index in [1.807, 2.05) is 36.2 Å². The molecular formula is C21H25FN5O. The molecule has 0 aliphatic carbocycles. The Kier molecular flexibility index (Phi) is 5.30. The number of amidine groups is 1. The molecule has 2 unspecified atom stereocenters. The monoisotopic (exact) mass is 382 g/mol. The summed E-state index contributed by atoms with van der Waals surface area (Å²) in [6.45, 7) is 7.16. The highest BCUT2D eigenvalue weighted by Gasteiger charge is 2.34. The molecule has 2 heterocycles. The van der Waals surface area contributed by atoms with Gasteiger partial charge in [0.25, 0.3) is 0 Å². The molecule has 147 valence electrons. The summed E-state index contributed by atoms with van der Waals surface area (Å²) in [5.41, 5.74) is 7.01. The van der Waals surface area contributed by atoms with E-state index >= 15 is 0 Å². The van der Waals surface area contributed by atoms with E-state index in [0.717, 1.165) is 47.6 Å². The van der Waals surface area contributed by atoms with E-state index in [1.54, 1.807) is 7.11 Å². The van der Waals surface area contributed by atoms with Crippen molar-refractivity contribution < 1.29 is 9.23 Å². The van der Waals surface area contributed by atoms with Gasteiger partial charge in [-0.25, -0.2) is 9.40 Å². The van der Waals surface area contributed by atoms with Crippen LogP contribution in [0, 0.1) is 12.7 Å². The Hall–Kier alpha value is -2.48. The van der Waals surface area contributed by atoms with Gasteiger partial charge in [-0.15, -0.1) is 5.10 Å². The van der Waals surface area contributed by atoms with E-state index in [9.17, 15) is 4.39 Å². The number of halogens is 1. The lowest BCUT2D eigenvalue weighted by atomic mass is 9.79. The molecule has 4 rings (SSSR count). The predicted molar refractivity (Wildman–Crippen MR) is 108 cm³/mol. The van der Waals surface area contributed by atoms with Crippen LogP contribution >= 0.6 is 0 Å². The fourth-order valence-corrected chi connectivity index (χ4v) is 4.17. The zero-order chi connectivity index (χ0) is 19.7. The first-order chi connectivity index (χ1) is 13.6. The lowest BCUT2D eigenvalue weighted by Crippen LogP contribution is -2.45. The highest BCUT2D eigenvalue weighted by atomic mass is 19.1. The Morgan fingerprint density at radius 3 is 2.75 bits per heavy atom. The van der Waals surface area contributed by atoms with Crippen molar-refractivity contribution in [1.29, 1.82) is 0 Å². The van der Waals surface area contributed by atoms with Crippen LogP contribution in [0.2, 0.25) is 0 Å². The first-order valence-corrected chi connectivity index (χ1v) is 9.48. The zero-order valence-electron chi connectivity index (χ0n) is 16.2. The number of hydrazone groups is 1. The van der Waals surface area contributed by atoms with Gasteiger partial charge in [0.1, 0.15) is 11.7 Å². The zero-order valence-corrected chi connectivity index (χ0v) is 16.2. The minimum Gasteiger partial charge on any atom is -0.309 e. The van der Waals surface area contributed by atoms with E-state index in [4.69, 9.17) is 4.84 Å². The van der Waals surface area contributed by atoms with E-state index in [-0.39, 0.29) is 17.8 Å². The first kappa shape index (κ1) is 18.9. The van der Waals surface area contributed by atoms with Crippen LogP contribution in [-0.4, -0.2) is 24.8 Å². The molecule has 0 spiro atoms. The predicted octanol–water partition coefficient (Wildman–Crippen LogP) is 3.65. The second-order valence-electron chi connectivity index (χ2n) is 7.11. The summed E-state index contributed by atoms with van der Waals surface area (Å²) < 4.78 is 13.5. The second kappa shape index (κ2) is 7.87. The summed E-state index contributed by atoms with van der Waals surface area (Å²) in [6.07, 6.45) is 2.08. The average molecular weight is 382 g/mol. The van der Waals surface area contributed by atoms with E-state index in [2.05, 4.69) is 28.9 Å². The largest absolute Gasteiger partial charge is 0.309 e. The molecule has 7 heteroatoms. The third-order valence-corrected chi connectivity index (χ3v) is 5.42. The Morgan fingerprint density at radius 1 is 1.21 bits per heavy atom. The molecule has 0 aromatic heterocycles. The summed E-state index contributed by atoms with van der Waals surface area (Å²) in [6, 6.07) is 12.9. The molecule has 1 saturated heterocycles. The number of hydrogen-bond acceptors (Lipinski definition) is 6. The normalized spacial score (nSPS) is 22.9. The number of hydrazine groups is 2. The average Bonchev–Trinajstić information content (AvgIpc) is 3.09. The topological polar surface area (TPSA) is 52.1 Å². The molecule has 0 bridgehead atoms. The number of nitrogens with one attached hydrogen (secondary N) is 2. The van der Waals surface area contributed by atoms with Crippen LogP contribution < -0.4 is 15.9 Å². The van der Waals surface area contributed by atoms with Gasteiger partial charge in [0.2, 0.25) is 0 Å². The van der Waals surface area contributed by atoms with Gasteiger partial charge in [-0.2, -0.15) is 5.53 Å². The van der Waals surface area contributed by atoms with Crippen LogP contribution in [-0.2, 0) is 4.84 Å². The van der Waals surface area contributed by atoms with Crippen molar-refractivity contribution >= 4 is 11.5 Å². The number of piperidine rings is 1. The lowest BCUT2D eigenvalue weighted by molar-refractivity contribution is -0.161. The maximum Gasteiger partial charge on any atom is 0.146 e. The summed E-state index contributed by atoms with van der Waals surface area (Å²) >= 11 is 0. The molecular weight excluding hydrogens is 357 g/mol. The molecule has 2 N–H and O–H groups in total. The number of hydrogen-bond donors (Lipinski definition) is 2. The van der Waals surface area contributed by atoms with Gasteiger partial charge < -0.3 is 5.32 Å². The van der Waals surface area contributed by atoms with Crippen LogP contribution in [0.3, 0.4) is 0 Å². The number of benzene rings is 2. The Bertz CT molecular complexity index is 870. The molecule has 2 aliphatic heterocycles. The Balaban J connectivity index is 1.79. The SMILES string of the molecule is [CH2]c1cccc(N2C(C)=NNN2OC)c1C1CCCNC1c1ccc(F)cc1. The molecule has 2 aromatic carbocycles. The fraction of sp³-hybridized carbons (Fsp3) is 0.333. The molecule has 0 saturated carbocycles. The van der Waals surface area contributed by atoms with Gasteiger partial charge in [0, 0.05) is 17.2 Å². The summed E-state index contributed by atoms with van der Waals surface area (Å²) in [4.78, 5) is 5.41. The van der Waals surface area contributed by atoms with Crippen LogP contribution in [0.1, 0.15) is 48.4 Å². The van der Waals surface area contributed by atoms with Gasteiger partial charge >= 0.3 is 0 Å². The molecule has 2 aromatic rings. The van der Waals surface area contributed by atoms with Gasteiger partial charge in [-0.1, -0.05) is 24.3 Å². The molecule has 28 heavy (non-hydrogen) atoms. The minimum absolute atomic E-state index is 0.0832. The fourth-order valence-electron chi connectivity index (χ4n) is 4.17. The molecule has 2 atom stereocenters. The van der Waals surface area contributed by atoms with E-state index in [1.165, 1.54) is 17.4 Å². The number of nitrogens with zero attached hydrogens (tertiary/aromatic N) is 3. The van der Waals surface area contributed by atoms with Gasteiger partial charge in [0.05, 0.1) is 12.8 Å². The lowest BCUT2D eigenvalue weighted by Gasteiger charge is -2.37. The van der Waals surface area contributed by atoms with Crippen molar-refractivity contribution in [3.05, 3.63) is 71.9 Å². The van der Waals surface area contributed by atoms with Crippen molar-refractivity contribution in [3.63, 3.8) is 0 Å². The maximum atomic E-state index is 13.5. The summed E-state index contributed by atoms with van der Waals surface area (Å²) in [5.74, 6) is 0.742. The van der Waals surface area contributed by atoms with Crippen LogP contribution in [0.5, 0.6) is 0 Å². The van der Waals surface area contributed by atoms with Crippen LogP contribution in [0.25, 0.3) is 0 Å². The van der Waals surface area contributed by atoms with Crippen molar-refractivity contribution in [3.8, 4) is 0 Å². The third-order valence-electron chi connectivity index (χ3n) is 5.42. The highest BCUT2D eigenvalue weighted by molar-refractivity contribution is 5.96. The standard InChI is InChI=1S/C21H25FN5O/c1-14-6-4-8-19(26-15(2)24-25-27(26)28-3)20(14)18-7-5-13-23-21(18)16-9-11-17(22)12-10-16/h4,6,8-12,18,21,23,25H,1,5,7,13H2,2-3H3. The van der Waals surface area contributed by atoms with Crippen molar-refractivity contribution in [1.82, 2.24) is 16.1 Å². The van der Waals surface area contributed by atoms with Crippen LogP contribution in [0.15, 0.2) is 47.6 Å².